The molecule has 0 heterocycles. The van der Waals surface area contributed by atoms with Crippen LogP contribution in [0.4, 0.5) is 14.5 Å². The highest BCUT2D eigenvalue weighted by Gasteiger charge is 2.06. The first-order chi connectivity index (χ1) is 8.56. The van der Waals surface area contributed by atoms with Crippen LogP contribution in [0, 0.1) is 11.6 Å². The number of thioether (sulfide) groups is 1. The zero-order valence-electron chi connectivity index (χ0n) is 9.29. The van der Waals surface area contributed by atoms with E-state index in [1.165, 1.54) is 23.9 Å². The van der Waals surface area contributed by atoms with Gasteiger partial charge >= 0.3 is 0 Å². The Hall–Kier alpha value is -1.26. The number of anilines is 1. The molecule has 18 heavy (non-hydrogen) atoms. The molecular weight excluding hydrogens is 276 g/mol. The van der Waals surface area contributed by atoms with Crippen molar-refractivity contribution >= 4 is 29.1 Å². The first-order valence-corrected chi connectivity index (χ1v) is 6.54. The van der Waals surface area contributed by atoms with E-state index in [-0.39, 0.29) is 0 Å². The Bertz CT molecular complexity index is 575. The van der Waals surface area contributed by atoms with Gasteiger partial charge in [0.05, 0.1) is 0 Å². The summed E-state index contributed by atoms with van der Waals surface area (Å²) < 4.78 is 26.2. The number of nitrogens with two attached hydrogens (primary N) is 1. The van der Waals surface area contributed by atoms with E-state index in [0.717, 1.165) is 11.0 Å². The van der Waals surface area contributed by atoms with E-state index < -0.39 is 11.6 Å². The van der Waals surface area contributed by atoms with Crippen LogP contribution in [0.5, 0.6) is 0 Å². The lowest BCUT2D eigenvalue weighted by Crippen LogP contribution is -1.91. The Morgan fingerprint density at radius 3 is 2.61 bits per heavy atom. The molecule has 0 unspecified atom stereocenters. The maximum absolute atomic E-state index is 13.4. The summed E-state index contributed by atoms with van der Waals surface area (Å²) in [5, 5.41) is 0.575. The number of hydrogen-bond donors (Lipinski definition) is 1. The van der Waals surface area contributed by atoms with Crippen LogP contribution >= 0.6 is 23.4 Å². The molecule has 0 aliphatic heterocycles. The lowest BCUT2D eigenvalue weighted by molar-refractivity contribution is 0.576. The maximum Gasteiger partial charge on any atom is 0.130 e. The van der Waals surface area contributed by atoms with Crippen molar-refractivity contribution in [3.8, 4) is 0 Å². The van der Waals surface area contributed by atoms with Gasteiger partial charge in [-0.15, -0.1) is 11.8 Å². The molecule has 0 aromatic heterocycles. The van der Waals surface area contributed by atoms with Gasteiger partial charge in [-0.05, 0) is 29.8 Å². The van der Waals surface area contributed by atoms with Gasteiger partial charge in [-0.1, -0.05) is 17.7 Å². The Morgan fingerprint density at radius 1 is 1.11 bits per heavy atom. The second-order valence-electron chi connectivity index (χ2n) is 3.71. The minimum absolute atomic E-state index is 0.372. The number of halogens is 3. The van der Waals surface area contributed by atoms with Crippen molar-refractivity contribution in [3.63, 3.8) is 0 Å². The summed E-state index contributed by atoms with van der Waals surface area (Å²) in [7, 11) is 0. The number of hydrogen-bond acceptors (Lipinski definition) is 2. The maximum atomic E-state index is 13.4. The van der Waals surface area contributed by atoms with Gasteiger partial charge in [0.2, 0.25) is 0 Å². The van der Waals surface area contributed by atoms with E-state index in [4.69, 9.17) is 17.3 Å². The van der Waals surface area contributed by atoms with E-state index in [2.05, 4.69) is 0 Å². The topological polar surface area (TPSA) is 26.0 Å². The fraction of sp³-hybridized carbons (Fsp3) is 0.0769. The van der Waals surface area contributed by atoms with Gasteiger partial charge in [0.25, 0.3) is 0 Å². The molecule has 0 aliphatic rings. The smallest absolute Gasteiger partial charge is 0.130 e. The lowest BCUT2D eigenvalue weighted by Gasteiger charge is -2.07. The Labute approximate surface area is 113 Å². The normalized spacial score (nSPS) is 10.6. The summed E-state index contributed by atoms with van der Waals surface area (Å²) in [6, 6.07) is 8.66. The van der Waals surface area contributed by atoms with Crippen LogP contribution in [0.2, 0.25) is 5.02 Å². The Balaban J connectivity index is 2.13. The van der Waals surface area contributed by atoms with E-state index in [0.29, 0.717) is 22.0 Å². The van der Waals surface area contributed by atoms with Crippen LogP contribution in [-0.2, 0) is 5.75 Å². The second-order valence-corrected chi connectivity index (χ2v) is 5.16. The molecule has 0 fully saturated rings. The summed E-state index contributed by atoms with van der Waals surface area (Å²) in [5.41, 5.74) is 6.80. The largest absolute Gasteiger partial charge is 0.398 e. The summed E-state index contributed by atoms with van der Waals surface area (Å²) in [6.07, 6.45) is 0. The van der Waals surface area contributed by atoms with E-state index in [1.54, 1.807) is 18.2 Å². The highest BCUT2D eigenvalue weighted by Crippen LogP contribution is 2.31. The van der Waals surface area contributed by atoms with Crippen LogP contribution in [0.15, 0.2) is 41.3 Å². The standard InChI is InChI=1S/C13H10ClF2NS/c14-9-2-4-12(17)13(5-9)18-7-8-1-3-10(15)6-11(8)16/h1-6H,7,17H2. The molecular formula is C13H10ClF2NS. The molecule has 1 nitrogen and oxygen atoms in total. The summed E-state index contributed by atoms with van der Waals surface area (Å²) in [6.45, 7) is 0. The van der Waals surface area contributed by atoms with Gasteiger partial charge in [-0.2, -0.15) is 0 Å². The van der Waals surface area contributed by atoms with Crippen molar-refractivity contribution in [3.05, 3.63) is 58.6 Å². The predicted octanol–water partition coefficient (Wildman–Crippen LogP) is 4.49. The molecule has 94 valence electrons. The third kappa shape index (κ3) is 3.15. The SMILES string of the molecule is Nc1ccc(Cl)cc1SCc1ccc(F)cc1F. The minimum atomic E-state index is -0.580. The van der Waals surface area contributed by atoms with E-state index >= 15 is 0 Å². The second kappa shape index (κ2) is 5.59. The Morgan fingerprint density at radius 2 is 1.89 bits per heavy atom. The van der Waals surface area contributed by atoms with E-state index in [1.807, 2.05) is 0 Å². The molecule has 5 heteroatoms. The third-order valence-corrected chi connectivity index (χ3v) is 3.73. The first kappa shape index (κ1) is 13.2. The van der Waals surface area contributed by atoms with Gasteiger partial charge < -0.3 is 5.73 Å². The molecule has 2 aromatic carbocycles. The molecule has 0 aliphatic carbocycles. The quantitative estimate of drug-likeness (QED) is 0.664. The zero-order chi connectivity index (χ0) is 13.1. The molecule has 0 saturated heterocycles. The average molecular weight is 286 g/mol. The van der Waals surface area contributed by atoms with Crippen molar-refractivity contribution in [2.24, 2.45) is 0 Å². The predicted molar refractivity (Wildman–Crippen MR) is 71.8 cm³/mol. The van der Waals surface area contributed by atoms with Gasteiger partial charge in [0.1, 0.15) is 11.6 Å². The first-order valence-electron chi connectivity index (χ1n) is 5.18. The molecule has 0 saturated carbocycles. The lowest BCUT2D eigenvalue weighted by atomic mass is 10.2. The van der Waals surface area contributed by atoms with E-state index in [9.17, 15) is 8.78 Å². The van der Waals surface area contributed by atoms with Crippen molar-refractivity contribution in [2.45, 2.75) is 10.6 Å². The number of benzene rings is 2. The minimum Gasteiger partial charge on any atom is -0.398 e. The molecule has 0 bridgehead atoms. The fourth-order valence-electron chi connectivity index (χ4n) is 1.43. The summed E-state index contributed by atoms with van der Waals surface area (Å²) in [5.74, 6) is -0.761. The number of rotatable bonds is 3. The monoisotopic (exact) mass is 285 g/mol. The van der Waals surface area contributed by atoms with Crippen LogP contribution in [0.25, 0.3) is 0 Å². The highest BCUT2D eigenvalue weighted by molar-refractivity contribution is 7.98. The van der Waals surface area contributed by atoms with Crippen molar-refractivity contribution < 1.29 is 8.78 Å². The van der Waals surface area contributed by atoms with Crippen molar-refractivity contribution in [2.75, 3.05) is 5.73 Å². The number of nitrogen functional groups attached to an aromatic ring is 1. The zero-order valence-corrected chi connectivity index (χ0v) is 10.9. The molecule has 2 rings (SSSR count). The average Bonchev–Trinajstić information content (AvgIpc) is 2.32. The fourth-order valence-corrected chi connectivity index (χ4v) is 2.65. The van der Waals surface area contributed by atoms with Crippen LogP contribution < -0.4 is 5.73 Å². The van der Waals surface area contributed by atoms with Crippen molar-refractivity contribution in [1.29, 1.82) is 0 Å². The molecule has 0 radical (unpaired) electrons. The molecule has 0 atom stereocenters. The molecule has 2 aromatic rings. The van der Waals surface area contributed by atoms with Gasteiger partial charge in [-0.3, -0.25) is 0 Å². The molecule has 0 spiro atoms. The van der Waals surface area contributed by atoms with Crippen LogP contribution in [-0.4, -0.2) is 0 Å². The summed E-state index contributed by atoms with van der Waals surface area (Å²) in [4.78, 5) is 0.784. The van der Waals surface area contributed by atoms with Gasteiger partial charge in [0.15, 0.2) is 0 Å². The third-order valence-electron chi connectivity index (χ3n) is 2.37. The Kier molecular flexibility index (Phi) is 4.09. The van der Waals surface area contributed by atoms with Gasteiger partial charge in [0, 0.05) is 27.4 Å². The van der Waals surface area contributed by atoms with Crippen molar-refractivity contribution in [1.82, 2.24) is 0 Å². The van der Waals surface area contributed by atoms with Crippen LogP contribution in [0.3, 0.4) is 0 Å². The molecule has 0 amide bonds. The molecule has 2 N–H and O–H groups in total. The van der Waals surface area contributed by atoms with Crippen LogP contribution in [0.1, 0.15) is 5.56 Å². The van der Waals surface area contributed by atoms with Gasteiger partial charge in [-0.25, -0.2) is 8.78 Å². The highest BCUT2D eigenvalue weighted by atomic mass is 35.5. The summed E-state index contributed by atoms with van der Waals surface area (Å²) >= 11 is 7.22.